The summed E-state index contributed by atoms with van der Waals surface area (Å²) in [5.41, 5.74) is 1.72. The zero-order valence-corrected chi connectivity index (χ0v) is 13.7. The molecule has 0 aromatic heterocycles. The van der Waals surface area contributed by atoms with E-state index in [1.165, 1.54) is 6.07 Å². The number of carbonyl (C=O) groups is 2. The number of hydrogen-bond donors (Lipinski definition) is 3. The van der Waals surface area contributed by atoms with Crippen LogP contribution in [0.1, 0.15) is 26.3 Å². The Morgan fingerprint density at radius 3 is 2.80 bits per heavy atom. The van der Waals surface area contributed by atoms with E-state index in [0.29, 0.717) is 36.4 Å². The average Bonchev–Trinajstić information content (AvgIpc) is 2.83. The molecule has 2 aromatic carbocycles. The van der Waals surface area contributed by atoms with Gasteiger partial charge in [-0.1, -0.05) is 30.3 Å². The van der Waals surface area contributed by atoms with E-state index in [1.807, 2.05) is 30.3 Å². The van der Waals surface area contributed by atoms with Gasteiger partial charge >= 0.3 is 0 Å². The second-order valence-electron chi connectivity index (χ2n) is 5.86. The van der Waals surface area contributed by atoms with Gasteiger partial charge in [-0.15, -0.1) is 0 Å². The van der Waals surface area contributed by atoms with Crippen LogP contribution in [0.3, 0.4) is 0 Å². The van der Waals surface area contributed by atoms with Gasteiger partial charge in [-0.2, -0.15) is 0 Å². The Hall–Kier alpha value is -2.86. The highest BCUT2D eigenvalue weighted by molar-refractivity contribution is 6.01. The number of nitrogens with one attached hydrogen (secondary N) is 2. The molecule has 1 unspecified atom stereocenters. The van der Waals surface area contributed by atoms with Crippen LogP contribution in [0.5, 0.6) is 5.75 Å². The summed E-state index contributed by atoms with van der Waals surface area (Å²) in [5.74, 6) is -0.130. The Bertz CT molecular complexity index is 761. The van der Waals surface area contributed by atoms with Gasteiger partial charge < -0.3 is 20.5 Å². The lowest BCUT2D eigenvalue weighted by molar-refractivity contribution is 0.0916. The summed E-state index contributed by atoms with van der Waals surface area (Å²) in [7, 11) is 0. The first-order valence-electron chi connectivity index (χ1n) is 8.18. The van der Waals surface area contributed by atoms with Crippen LogP contribution in [0, 0.1) is 0 Å². The molecule has 0 aliphatic carbocycles. The van der Waals surface area contributed by atoms with E-state index < -0.39 is 6.04 Å². The second kappa shape index (κ2) is 7.81. The van der Waals surface area contributed by atoms with E-state index in [1.54, 1.807) is 12.1 Å². The lowest BCUT2D eigenvalue weighted by Gasteiger charge is -2.17. The highest BCUT2D eigenvalue weighted by Gasteiger charge is 2.20. The third-order valence-electron chi connectivity index (χ3n) is 4.01. The summed E-state index contributed by atoms with van der Waals surface area (Å²) in [5, 5.41) is 15.1. The van der Waals surface area contributed by atoms with Crippen molar-refractivity contribution in [3.8, 4) is 5.75 Å². The number of rotatable bonds is 5. The van der Waals surface area contributed by atoms with Gasteiger partial charge in [0.15, 0.2) is 0 Å². The molecule has 1 aliphatic heterocycles. The number of aliphatic hydroxyl groups excluding tert-OH is 1. The van der Waals surface area contributed by atoms with Gasteiger partial charge in [0, 0.05) is 5.56 Å². The molecule has 2 amide bonds. The average molecular weight is 340 g/mol. The van der Waals surface area contributed by atoms with E-state index in [9.17, 15) is 14.7 Å². The highest BCUT2D eigenvalue weighted by Crippen LogP contribution is 2.22. The second-order valence-corrected chi connectivity index (χ2v) is 5.86. The maximum Gasteiger partial charge on any atom is 0.255 e. The number of carbonyl (C=O) groups excluding carboxylic acids is 2. The minimum absolute atomic E-state index is 0.171. The summed E-state index contributed by atoms with van der Waals surface area (Å²) in [4.78, 5) is 24.5. The predicted octanol–water partition coefficient (Wildman–Crippen LogP) is 1.14. The zero-order valence-electron chi connectivity index (χ0n) is 13.7. The first-order chi connectivity index (χ1) is 12.2. The maximum absolute atomic E-state index is 12.5. The molecule has 0 fully saturated rings. The van der Waals surface area contributed by atoms with Crippen LogP contribution in [-0.2, 0) is 6.42 Å². The number of fused-ring (bicyclic) bond motifs is 1. The Kier molecular flexibility index (Phi) is 5.30. The van der Waals surface area contributed by atoms with Crippen LogP contribution >= 0.6 is 0 Å². The zero-order chi connectivity index (χ0) is 17.6. The van der Waals surface area contributed by atoms with Gasteiger partial charge in [-0.3, -0.25) is 9.59 Å². The lowest BCUT2D eigenvalue weighted by Crippen LogP contribution is -2.39. The van der Waals surface area contributed by atoms with Crippen molar-refractivity contribution in [1.82, 2.24) is 10.6 Å². The predicted molar refractivity (Wildman–Crippen MR) is 92.8 cm³/mol. The standard InChI is InChI=1S/C19H20N2O4/c22-12-15(10-13-4-2-1-3-5-13)21-18(23)14-6-7-17-16(11-14)19(24)20-8-9-25-17/h1-7,11,15,22H,8-10,12H2,(H,20,24)(H,21,23). The molecule has 3 N–H and O–H groups in total. The largest absolute Gasteiger partial charge is 0.491 e. The summed E-state index contributed by atoms with van der Waals surface area (Å²) >= 11 is 0. The Morgan fingerprint density at radius 1 is 1.24 bits per heavy atom. The van der Waals surface area contributed by atoms with Gasteiger partial charge in [-0.05, 0) is 30.2 Å². The molecule has 6 heteroatoms. The third-order valence-corrected chi connectivity index (χ3v) is 4.01. The van der Waals surface area contributed by atoms with Gasteiger partial charge in [0.1, 0.15) is 12.4 Å². The summed E-state index contributed by atoms with van der Waals surface area (Å²) in [6, 6.07) is 14.0. The van der Waals surface area contributed by atoms with Gasteiger partial charge in [-0.25, -0.2) is 0 Å². The molecule has 3 rings (SSSR count). The van der Waals surface area contributed by atoms with Crippen molar-refractivity contribution in [2.45, 2.75) is 12.5 Å². The van der Waals surface area contributed by atoms with Crippen molar-refractivity contribution in [1.29, 1.82) is 0 Å². The molecule has 1 heterocycles. The molecular weight excluding hydrogens is 320 g/mol. The Balaban J connectivity index is 1.73. The van der Waals surface area contributed by atoms with E-state index in [0.717, 1.165) is 5.56 Å². The van der Waals surface area contributed by atoms with Crippen LogP contribution in [0.25, 0.3) is 0 Å². The lowest BCUT2D eigenvalue weighted by atomic mass is 10.0. The van der Waals surface area contributed by atoms with E-state index in [-0.39, 0.29) is 18.4 Å². The number of aliphatic hydroxyl groups is 1. The first kappa shape index (κ1) is 17.0. The topological polar surface area (TPSA) is 87.7 Å². The Morgan fingerprint density at radius 2 is 2.04 bits per heavy atom. The van der Waals surface area contributed by atoms with Gasteiger partial charge in [0.05, 0.1) is 24.8 Å². The normalized spacial score (nSPS) is 14.5. The molecule has 0 saturated carbocycles. The van der Waals surface area contributed by atoms with Crippen LogP contribution < -0.4 is 15.4 Å². The van der Waals surface area contributed by atoms with Gasteiger partial charge in [0.25, 0.3) is 11.8 Å². The minimum Gasteiger partial charge on any atom is -0.491 e. The number of ether oxygens (including phenoxy) is 1. The van der Waals surface area contributed by atoms with E-state index in [2.05, 4.69) is 10.6 Å². The van der Waals surface area contributed by atoms with Crippen LogP contribution in [0.15, 0.2) is 48.5 Å². The number of amides is 2. The molecule has 0 bridgehead atoms. The molecular formula is C19H20N2O4. The smallest absolute Gasteiger partial charge is 0.255 e. The number of benzene rings is 2. The first-order valence-corrected chi connectivity index (χ1v) is 8.18. The molecule has 1 aliphatic rings. The fourth-order valence-electron chi connectivity index (χ4n) is 2.72. The summed E-state index contributed by atoms with van der Waals surface area (Å²) < 4.78 is 5.48. The fraction of sp³-hybridized carbons (Fsp3) is 0.263. The Labute approximate surface area is 145 Å². The molecule has 25 heavy (non-hydrogen) atoms. The monoisotopic (exact) mass is 340 g/mol. The van der Waals surface area contributed by atoms with Crippen molar-refractivity contribution >= 4 is 11.8 Å². The molecule has 0 spiro atoms. The van der Waals surface area contributed by atoms with Gasteiger partial charge in [0.2, 0.25) is 0 Å². The maximum atomic E-state index is 12.5. The van der Waals surface area contributed by atoms with E-state index >= 15 is 0 Å². The molecule has 2 aromatic rings. The minimum atomic E-state index is -0.404. The van der Waals surface area contributed by atoms with Crippen LogP contribution in [-0.4, -0.2) is 42.7 Å². The van der Waals surface area contributed by atoms with Crippen molar-refractivity contribution in [2.75, 3.05) is 19.8 Å². The van der Waals surface area contributed by atoms with Crippen molar-refractivity contribution in [2.24, 2.45) is 0 Å². The fourth-order valence-corrected chi connectivity index (χ4v) is 2.72. The number of hydrogen-bond acceptors (Lipinski definition) is 4. The summed E-state index contributed by atoms with van der Waals surface area (Å²) in [6.45, 7) is 0.655. The van der Waals surface area contributed by atoms with Crippen molar-refractivity contribution < 1.29 is 19.4 Å². The highest BCUT2D eigenvalue weighted by atomic mass is 16.5. The van der Waals surface area contributed by atoms with Crippen molar-refractivity contribution in [3.05, 3.63) is 65.2 Å². The van der Waals surface area contributed by atoms with E-state index in [4.69, 9.17) is 4.74 Å². The van der Waals surface area contributed by atoms with Crippen LogP contribution in [0.4, 0.5) is 0 Å². The molecule has 0 radical (unpaired) electrons. The summed E-state index contributed by atoms with van der Waals surface area (Å²) in [6.07, 6.45) is 0.525. The molecule has 1 atom stereocenters. The van der Waals surface area contributed by atoms with Crippen molar-refractivity contribution in [3.63, 3.8) is 0 Å². The molecule has 0 saturated heterocycles. The molecule has 6 nitrogen and oxygen atoms in total. The quantitative estimate of drug-likeness (QED) is 0.762. The third kappa shape index (κ3) is 4.16. The van der Waals surface area contributed by atoms with Crippen LogP contribution in [0.2, 0.25) is 0 Å². The molecule has 130 valence electrons. The SMILES string of the molecule is O=C(NC(CO)Cc1ccccc1)c1ccc2c(c1)C(=O)NCCO2.